The first kappa shape index (κ1) is 27.3. The summed E-state index contributed by atoms with van der Waals surface area (Å²) < 4.78 is 0. The monoisotopic (exact) mass is 525 g/mol. The number of amides is 1. The summed E-state index contributed by atoms with van der Waals surface area (Å²) in [7, 11) is 2.25. The van der Waals surface area contributed by atoms with Gasteiger partial charge in [-0.15, -0.1) is 0 Å². The van der Waals surface area contributed by atoms with Crippen LogP contribution in [0.25, 0.3) is 11.4 Å². The van der Waals surface area contributed by atoms with E-state index in [4.69, 9.17) is 9.97 Å². The van der Waals surface area contributed by atoms with Crippen LogP contribution in [0.5, 0.6) is 0 Å². The first-order chi connectivity index (χ1) is 18.9. The lowest BCUT2D eigenvalue weighted by Gasteiger charge is -2.38. The van der Waals surface area contributed by atoms with Gasteiger partial charge in [0, 0.05) is 62.5 Å². The van der Waals surface area contributed by atoms with Gasteiger partial charge in [0.25, 0.3) is 0 Å². The molecule has 0 saturated carbocycles. The summed E-state index contributed by atoms with van der Waals surface area (Å²) in [5.74, 6) is 2.01. The Balaban J connectivity index is 1.55. The lowest BCUT2D eigenvalue weighted by molar-refractivity contribution is -0.129. The average Bonchev–Trinajstić information content (AvgIpc) is 2.97. The molecule has 206 valence electrons. The highest BCUT2D eigenvalue weighted by Gasteiger charge is 2.28. The maximum atomic E-state index is 12.0. The van der Waals surface area contributed by atoms with Gasteiger partial charge in [0.1, 0.15) is 5.82 Å². The summed E-state index contributed by atoms with van der Waals surface area (Å²) in [5.41, 5.74) is 8.97. The molecule has 2 aliphatic rings. The van der Waals surface area contributed by atoms with Crippen LogP contribution in [0.4, 0.5) is 5.82 Å². The zero-order valence-corrected chi connectivity index (χ0v) is 24.3. The molecule has 0 unspecified atom stereocenters. The number of carbonyl (C=O) groups is 1. The number of piperazine rings is 1. The van der Waals surface area contributed by atoms with Crippen LogP contribution in [-0.4, -0.2) is 58.9 Å². The minimum absolute atomic E-state index is 0.148. The zero-order chi connectivity index (χ0) is 27.5. The van der Waals surface area contributed by atoms with E-state index in [9.17, 15) is 4.79 Å². The smallest absolute Gasteiger partial charge is 0.219 e. The lowest BCUT2D eigenvalue weighted by atomic mass is 9.87. The number of rotatable bonds is 7. The molecule has 0 radical (unpaired) electrons. The van der Waals surface area contributed by atoms with Crippen LogP contribution in [0, 0.1) is 6.92 Å². The van der Waals surface area contributed by atoms with Crippen molar-refractivity contribution in [2.45, 2.75) is 72.4 Å². The fraction of sp³-hybridized carbons (Fsp3) is 0.485. The molecule has 1 aliphatic carbocycles. The first-order valence-corrected chi connectivity index (χ1v) is 14.7. The van der Waals surface area contributed by atoms with E-state index in [1.807, 2.05) is 4.90 Å². The fourth-order valence-electron chi connectivity index (χ4n) is 6.45. The van der Waals surface area contributed by atoms with Crippen molar-refractivity contribution >= 4 is 11.7 Å². The molecule has 39 heavy (non-hydrogen) atoms. The molecular weight excluding hydrogens is 482 g/mol. The number of benzene rings is 2. The van der Waals surface area contributed by atoms with E-state index in [0.29, 0.717) is 6.04 Å². The van der Waals surface area contributed by atoms with Crippen LogP contribution in [0.3, 0.4) is 0 Å². The van der Waals surface area contributed by atoms with Gasteiger partial charge in [0.05, 0.1) is 0 Å². The predicted octanol–water partition coefficient (Wildman–Crippen LogP) is 5.75. The van der Waals surface area contributed by atoms with Crippen molar-refractivity contribution in [2.24, 2.45) is 0 Å². The Labute approximate surface area is 234 Å². The van der Waals surface area contributed by atoms with Crippen LogP contribution < -0.4 is 4.90 Å². The van der Waals surface area contributed by atoms with Crippen LogP contribution in [-0.2, 0) is 30.6 Å². The number of carbonyl (C=O) groups excluding carboxylic acids is 1. The Kier molecular flexibility index (Phi) is 8.31. The number of nitrogens with zero attached hydrogens (tertiary/aromatic N) is 5. The number of hydrogen-bond donors (Lipinski definition) is 0. The van der Waals surface area contributed by atoms with Gasteiger partial charge in [-0.3, -0.25) is 9.69 Å². The van der Waals surface area contributed by atoms with Gasteiger partial charge in [-0.05, 0) is 68.3 Å². The van der Waals surface area contributed by atoms with Gasteiger partial charge in [0.2, 0.25) is 5.91 Å². The largest absolute Gasteiger partial charge is 0.353 e. The maximum Gasteiger partial charge on any atom is 0.219 e. The van der Waals surface area contributed by atoms with Crippen LogP contribution in [0.1, 0.15) is 73.2 Å². The van der Waals surface area contributed by atoms with Crippen LogP contribution in [0.15, 0.2) is 42.5 Å². The molecule has 0 spiro atoms. The fourth-order valence-corrected chi connectivity index (χ4v) is 6.45. The molecule has 1 atom stereocenters. The molecule has 0 bridgehead atoms. The van der Waals surface area contributed by atoms with Crippen LogP contribution >= 0.6 is 0 Å². The van der Waals surface area contributed by atoms with Gasteiger partial charge in [-0.1, -0.05) is 56.3 Å². The Morgan fingerprint density at radius 1 is 0.974 bits per heavy atom. The second-order valence-corrected chi connectivity index (χ2v) is 11.1. The first-order valence-electron chi connectivity index (χ1n) is 14.7. The summed E-state index contributed by atoms with van der Waals surface area (Å²) >= 11 is 0. The zero-order valence-electron chi connectivity index (χ0n) is 24.3. The number of anilines is 1. The van der Waals surface area contributed by atoms with Gasteiger partial charge in [-0.2, -0.15) is 0 Å². The molecule has 1 saturated heterocycles. The van der Waals surface area contributed by atoms with Crippen molar-refractivity contribution in [1.29, 1.82) is 0 Å². The number of hydrogen-bond acceptors (Lipinski definition) is 5. The molecule has 2 heterocycles. The third-order valence-corrected chi connectivity index (χ3v) is 8.72. The lowest BCUT2D eigenvalue weighted by Crippen LogP contribution is -2.48. The molecule has 0 N–H and O–H groups in total. The molecule has 1 aliphatic heterocycles. The molecule has 6 nitrogen and oxygen atoms in total. The molecule has 1 amide bonds. The van der Waals surface area contributed by atoms with E-state index in [1.54, 1.807) is 6.92 Å². The normalized spacial score (nSPS) is 17.4. The van der Waals surface area contributed by atoms with Gasteiger partial charge in [0.15, 0.2) is 5.82 Å². The Morgan fingerprint density at radius 3 is 2.33 bits per heavy atom. The molecular formula is C33H43N5O. The topological polar surface area (TPSA) is 52.6 Å². The minimum Gasteiger partial charge on any atom is -0.353 e. The molecule has 5 rings (SSSR count). The van der Waals surface area contributed by atoms with E-state index in [1.165, 1.54) is 52.6 Å². The third kappa shape index (κ3) is 5.58. The van der Waals surface area contributed by atoms with E-state index in [0.717, 1.165) is 62.9 Å². The summed E-state index contributed by atoms with van der Waals surface area (Å²) in [6.07, 6.45) is 5.45. The summed E-state index contributed by atoms with van der Waals surface area (Å²) in [6, 6.07) is 15.9. The standard InChI is InChI=1S/C33H43N5O/c1-6-25-13-10-14-26(7-2)31(25)32-34-23(3)29(33(35-32)38-20-18-37(19-21-38)24(4)39)22-36(5)30-17-11-15-27-12-8-9-16-28(27)30/h8-10,12-14,16,30H,6-7,11,15,17-22H2,1-5H3/t30-/m1/s1. The second kappa shape index (κ2) is 11.9. The van der Waals surface area contributed by atoms with E-state index < -0.39 is 0 Å². The van der Waals surface area contributed by atoms with Crippen molar-refractivity contribution in [3.8, 4) is 11.4 Å². The maximum absolute atomic E-state index is 12.0. The van der Waals surface area contributed by atoms with Crippen molar-refractivity contribution in [2.75, 3.05) is 38.1 Å². The van der Waals surface area contributed by atoms with Gasteiger partial charge < -0.3 is 9.80 Å². The quantitative estimate of drug-likeness (QED) is 0.393. The Hall–Kier alpha value is -3.25. The molecule has 1 aromatic heterocycles. The summed E-state index contributed by atoms with van der Waals surface area (Å²) in [5, 5.41) is 0. The second-order valence-electron chi connectivity index (χ2n) is 11.1. The van der Waals surface area contributed by atoms with E-state index >= 15 is 0 Å². The minimum atomic E-state index is 0.148. The van der Waals surface area contributed by atoms with Crippen molar-refractivity contribution in [3.05, 3.63) is 76.0 Å². The highest BCUT2D eigenvalue weighted by molar-refractivity contribution is 5.73. The van der Waals surface area contributed by atoms with Crippen molar-refractivity contribution in [3.63, 3.8) is 0 Å². The Morgan fingerprint density at radius 2 is 1.67 bits per heavy atom. The number of fused-ring (bicyclic) bond motifs is 1. The molecule has 1 fully saturated rings. The van der Waals surface area contributed by atoms with Crippen LogP contribution in [0.2, 0.25) is 0 Å². The highest BCUT2D eigenvalue weighted by atomic mass is 16.2. The third-order valence-electron chi connectivity index (χ3n) is 8.72. The van der Waals surface area contributed by atoms with E-state index in [-0.39, 0.29) is 5.91 Å². The van der Waals surface area contributed by atoms with Gasteiger partial charge >= 0.3 is 0 Å². The van der Waals surface area contributed by atoms with Crippen molar-refractivity contribution in [1.82, 2.24) is 19.8 Å². The molecule has 3 aromatic rings. The Bertz CT molecular complexity index is 1310. The summed E-state index contributed by atoms with van der Waals surface area (Å²) in [4.78, 5) is 29.4. The number of aryl methyl sites for hydroxylation is 4. The number of aromatic nitrogens is 2. The average molecular weight is 526 g/mol. The predicted molar refractivity (Wildman–Crippen MR) is 159 cm³/mol. The summed E-state index contributed by atoms with van der Waals surface area (Å²) in [6.45, 7) is 12.1. The molecule has 2 aromatic carbocycles. The van der Waals surface area contributed by atoms with E-state index in [2.05, 4.69) is 80.1 Å². The molecule has 6 heteroatoms. The SMILES string of the molecule is CCc1cccc(CC)c1-c1nc(C)c(CN(C)[C@@H]2CCCc3ccccc32)c(N2CCN(C(C)=O)CC2)n1. The van der Waals surface area contributed by atoms with Crippen molar-refractivity contribution < 1.29 is 4.79 Å². The highest BCUT2D eigenvalue weighted by Crippen LogP contribution is 2.36. The van der Waals surface area contributed by atoms with Gasteiger partial charge in [-0.25, -0.2) is 9.97 Å².